The van der Waals surface area contributed by atoms with Crippen molar-refractivity contribution in [2.45, 2.75) is 6.42 Å². The Kier molecular flexibility index (Phi) is 6.33. The SMILES string of the molecule is O=C(COC(=O)c1ccc(-c2ccc(F)cc2)s1)NCCc1ccccc1. The molecular weight excluding hydrogens is 365 g/mol. The van der Waals surface area contributed by atoms with Crippen molar-refractivity contribution in [3.05, 3.63) is 83.0 Å². The molecule has 4 nitrogen and oxygen atoms in total. The van der Waals surface area contributed by atoms with Crippen LogP contribution in [0.25, 0.3) is 10.4 Å². The van der Waals surface area contributed by atoms with E-state index in [1.54, 1.807) is 24.3 Å². The molecule has 0 fully saturated rings. The van der Waals surface area contributed by atoms with Gasteiger partial charge in [0.25, 0.3) is 5.91 Å². The molecule has 0 aliphatic rings. The van der Waals surface area contributed by atoms with Crippen LogP contribution in [0.5, 0.6) is 0 Å². The number of ether oxygens (including phenoxy) is 1. The Bertz CT molecular complexity index is 907. The fraction of sp³-hybridized carbons (Fsp3) is 0.143. The Labute approximate surface area is 160 Å². The van der Waals surface area contributed by atoms with E-state index < -0.39 is 5.97 Å². The number of thiophene rings is 1. The maximum Gasteiger partial charge on any atom is 0.348 e. The molecule has 27 heavy (non-hydrogen) atoms. The van der Waals surface area contributed by atoms with Gasteiger partial charge in [-0.2, -0.15) is 0 Å². The number of carbonyl (C=O) groups excluding carboxylic acids is 2. The maximum absolute atomic E-state index is 13.0. The summed E-state index contributed by atoms with van der Waals surface area (Å²) in [7, 11) is 0. The number of hydrogen-bond donors (Lipinski definition) is 1. The van der Waals surface area contributed by atoms with Gasteiger partial charge in [0, 0.05) is 11.4 Å². The lowest BCUT2D eigenvalue weighted by Gasteiger charge is -2.06. The lowest BCUT2D eigenvalue weighted by molar-refractivity contribution is -0.124. The van der Waals surface area contributed by atoms with Crippen molar-refractivity contribution in [3.8, 4) is 10.4 Å². The number of carbonyl (C=O) groups is 2. The Morgan fingerprint density at radius 3 is 2.44 bits per heavy atom. The standard InChI is InChI=1S/C21H18FNO3S/c22-17-8-6-16(7-9-17)18-10-11-19(27-18)21(25)26-14-20(24)23-13-12-15-4-2-1-3-5-15/h1-11H,12-14H2,(H,23,24). The number of amides is 1. The highest BCUT2D eigenvalue weighted by molar-refractivity contribution is 7.17. The summed E-state index contributed by atoms with van der Waals surface area (Å²) in [5, 5.41) is 2.73. The fourth-order valence-corrected chi connectivity index (χ4v) is 3.37. The van der Waals surface area contributed by atoms with Crippen molar-refractivity contribution in [1.82, 2.24) is 5.32 Å². The molecule has 0 aliphatic carbocycles. The molecule has 1 heterocycles. The Morgan fingerprint density at radius 1 is 0.963 bits per heavy atom. The van der Waals surface area contributed by atoms with E-state index >= 15 is 0 Å². The molecule has 0 bridgehead atoms. The van der Waals surface area contributed by atoms with Gasteiger partial charge in [0.15, 0.2) is 6.61 Å². The van der Waals surface area contributed by atoms with Crippen LogP contribution in [0.4, 0.5) is 4.39 Å². The second-order valence-corrected chi connectivity index (χ2v) is 6.92. The van der Waals surface area contributed by atoms with Crippen LogP contribution in [0, 0.1) is 5.82 Å². The molecule has 0 saturated carbocycles. The highest BCUT2D eigenvalue weighted by Crippen LogP contribution is 2.28. The second-order valence-electron chi connectivity index (χ2n) is 5.83. The zero-order valence-corrected chi connectivity index (χ0v) is 15.3. The van der Waals surface area contributed by atoms with Gasteiger partial charge in [-0.3, -0.25) is 4.79 Å². The minimum Gasteiger partial charge on any atom is -0.451 e. The van der Waals surface area contributed by atoms with E-state index in [0.29, 0.717) is 17.8 Å². The third-order valence-corrected chi connectivity index (χ3v) is 4.96. The minimum absolute atomic E-state index is 0.312. The molecule has 0 aliphatic heterocycles. The Hall–Kier alpha value is -2.99. The largest absolute Gasteiger partial charge is 0.451 e. The molecule has 6 heteroatoms. The van der Waals surface area contributed by atoms with Gasteiger partial charge >= 0.3 is 5.97 Å². The van der Waals surface area contributed by atoms with E-state index in [-0.39, 0.29) is 18.3 Å². The highest BCUT2D eigenvalue weighted by atomic mass is 32.1. The molecule has 0 radical (unpaired) electrons. The number of nitrogens with one attached hydrogen (secondary N) is 1. The normalized spacial score (nSPS) is 10.4. The van der Waals surface area contributed by atoms with E-state index in [4.69, 9.17) is 4.74 Å². The van der Waals surface area contributed by atoms with Gasteiger partial charge in [-0.1, -0.05) is 42.5 Å². The molecule has 0 unspecified atom stereocenters. The van der Waals surface area contributed by atoms with Crippen molar-refractivity contribution >= 4 is 23.2 Å². The number of benzene rings is 2. The average Bonchev–Trinajstić information content (AvgIpc) is 3.18. The number of halogens is 1. The van der Waals surface area contributed by atoms with Crippen LogP contribution in [0.15, 0.2) is 66.7 Å². The quantitative estimate of drug-likeness (QED) is 0.626. The van der Waals surface area contributed by atoms with E-state index in [1.807, 2.05) is 30.3 Å². The van der Waals surface area contributed by atoms with Crippen molar-refractivity contribution in [2.24, 2.45) is 0 Å². The van der Waals surface area contributed by atoms with Gasteiger partial charge in [-0.25, -0.2) is 9.18 Å². The molecule has 2 aromatic carbocycles. The monoisotopic (exact) mass is 383 g/mol. The van der Waals surface area contributed by atoms with Gasteiger partial charge in [-0.15, -0.1) is 11.3 Å². The zero-order valence-electron chi connectivity index (χ0n) is 14.5. The van der Waals surface area contributed by atoms with Crippen molar-refractivity contribution in [1.29, 1.82) is 0 Å². The van der Waals surface area contributed by atoms with Crippen LogP contribution in [0.2, 0.25) is 0 Å². The second kappa shape index (κ2) is 9.09. The molecule has 1 aromatic heterocycles. The molecule has 138 valence electrons. The topological polar surface area (TPSA) is 55.4 Å². The summed E-state index contributed by atoms with van der Waals surface area (Å²) < 4.78 is 18.0. The third-order valence-electron chi connectivity index (χ3n) is 3.85. The van der Waals surface area contributed by atoms with E-state index in [1.165, 1.54) is 23.5 Å². The van der Waals surface area contributed by atoms with Crippen molar-refractivity contribution in [2.75, 3.05) is 13.2 Å². The predicted molar refractivity (Wildman–Crippen MR) is 103 cm³/mol. The van der Waals surface area contributed by atoms with E-state index in [0.717, 1.165) is 16.0 Å². The highest BCUT2D eigenvalue weighted by Gasteiger charge is 2.13. The molecule has 0 atom stereocenters. The first-order valence-electron chi connectivity index (χ1n) is 8.45. The molecule has 0 saturated heterocycles. The summed E-state index contributed by atoms with van der Waals surface area (Å²) in [4.78, 5) is 25.1. The van der Waals surface area contributed by atoms with Crippen LogP contribution in [0.3, 0.4) is 0 Å². The van der Waals surface area contributed by atoms with Crippen molar-refractivity contribution < 1.29 is 18.7 Å². The molecule has 0 spiro atoms. The minimum atomic E-state index is -0.549. The van der Waals surface area contributed by atoms with E-state index in [2.05, 4.69) is 5.32 Å². The lowest BCUT2D eigenvalue weighted by Crippen LogP contribution is -2.30. The average molecular weight is 383 g/mol. The number of hydrogen-bond acceptors (Lipinski definition) is 4. The zero-order chi connectivity index (χ0) is 19.1. The van der Waals surface area contributed by atoms with Gasteiger partial charge in [0.2, 0.25) is 0 Å². The first kappa shape index (κ1) is 18.8. The molecule has 3 rings (SSSR count). The predicted octanol–water partition coefficient (Wildman–Crippen LogP) is 4.07. The summed E-state index contributed by atoms with van der Waals surface area (Å²) >= 11 is 1.24. The fourth-order valence-electron chi connectivity index (χ4n) is 2.46. The van der Waals surface area contributed by atoms with Crippen LogP contribution in [0.1, 0.15) is 15.2 Å². The van der Waals surface area contributed by atoms with Crippen LogP contribution in [-0.4, -0.2) is 25.0 Å². The number of rotatable bonds is 7. The van der Waals surface area contributed by atoms with Crippen LogP contribution >= 0.6 is 11.3 Å². The smallest absolute Gasteiger partial charge is 0.348 e. The van der Waals surface area contributed by atoms with Gasteiger partial charge in [-0.05, 0) is 41.8 Å². The van der Waals surface area contributed by atoms with Gasteiger partial charge in [0.05, 0.1) is 0 Å². The molecule has 3 aromatic rings. The van der Waals surface area contributed by atoms with Crippen LogP contribution < -0.4 is 5.32 Å². The number of esters is 1. The Morgan fingerprint density at radius 2 is 1.70 bits per heavy atom. The molecule has 1 N–H and O–H groups in total. The van der Waals surface area contributed by atoms with Gasteiger partial charge in [0.1, 0.15) is 10.7 Å². The third kappa shape index (κ3) is 5.49. The summed E-state index contributed by atoms with van der Waals surface area (Å²) in [6, 6.07) is 19.2. The molecular formula is C21H18FNO3S. The van der Waals surface area contributed by atoms with Gasteiger partial charge < -0.3 is 10.1 Å². The summed E-state index contributed by atoms with van der Waals surface area (Å²) in [6.07, 6.45) is 0.715. The lowest BCUT2D eigenvalue weighted by atomic mass is 10.1. The summed E-state index contributed by atoms with van der Waals surface area (Å²) in [5.74, 6) is -1.20. The molecule has 1 amide bonds. The van der Waals surface area contributed by atoms with Crippen molar-refractivity contribution in [3.63, 3.8) is 0 Å². The first-order valence-corrected chi connectivity index (χ1v) is 9.27. The Balaban J connectivity index is 1.45. The maximum atomic E-state index is 13.0. The van der Waals surface area contributed by atoms with Crippen LogP contribution in [-0.2, 0) is 16.0 Å². The summed E-state index contributed by atoms with van der Waals surface area (Å²) in [6.45, 7) is 0.158. The van der Waals surface area contributed by atoms with E-state index in [9.17, 15) is 14.0 Å². The first-order chi connectivity index (χ1) is 13.1. The summed E-state index contributed by atoms with van der Waals surface area (Å²) in [5.41, 5.74) is 1.95.